The van der Waals surface area contributed by atoms with Gasteiger partial charge < -0.3 is 9.64 Å². The van der Waals surface area contributed by atoms with Crippen molar-refractivity contribution >= 4 is 39.1 Å². The molecule has 2 aromatic heterocycles. The second kappa shape index (κ2) is 4.84. The molecule has 4 rings (SSSR count). The molecule has 8 heteroatoms. The number of halogens is 2. The number of carbonyl (C=O) groups excluding carboxylic acids is 1. The molecule has 21 heavy (non-hydrogen) atoms. The number of aromatic nitrogens is 3. The Kier molecular flexibility index (Phi) is 3.08. The van der Waals surface area contributed by atoms with Crippen LogP contribution in [0.5, 0.6) is 0 Å². The van der Waals surface area contributed by atoms with Gasteiger partial charge in [-0.25, -0.2) is 14.8 Å². The number of cyclic esters (lactones) is 1. The summed E-state index contributed by atoms with van der Waals surface area (Å²) in [7, 11) is 0. The van der Waals surface area contributed by atoms with Gasteiger partial charge in [0.25, 0.3) is 0 Å². The van der Waals surface area contributed by atoms with Gasteiger partial charge in [-0.15, -0.1) is 0 Å². The highest BCUT2D eigenvalue weighted by atomic mass is 79.9. The van der Waals surface area contributed by atoms with E-state index in [-0.39, 0.29) is 18.1 Å². The number of carbonyl (C=O) groups is 1. The predicted molar refractivity (Wildman–Crippen MR) is 79.5 cm³/mol. The second-order valence-electron chi connectivity index (χ2n) is 5.35. The van der Waals surface area contributed by atoms with Gasteiger partial charge in [0.15, 0.2) is 5.15 Å². The van der Waals surface area contributed by atoms with Crippen LogP contribution in [0.1, 0.15) is 24.6 Å². The maximum atomic E-state index is 11.7. The third-order valence-electron chi connectivity index (χ3n) is 4.20. The minimum absolute atomic E-state index is 0.171. The summed E-state index contributed by atoms with van der Waals surface area (Å²) in [6.07, 6.45) is 5.19. The van der Waals surface area contributed by atoms with Gasteiger partial charge in [-0.1, -0.05) is 11.6 Å². The number of rotatable bonds is 1. The zero-order valence-corrected chi connectivity index (χ0v) is 13.3. The molecule has 2 saturated heterocycles. The lowest BCUT2D eigenvalue weighted by atomic mass is 9.93. The van der Waals surface area contributed by atoms with Crippen LogP contribution in [0.4, 0.5) is 4.79 Å². The normalized spacial score (nSPS) is 25.2. The fourth-order valence-electron chi connectivity index (χ4n) is 3.16. The summed E-state index contributed by atoms with van der Waals surface area (Å²) in [5, 5.41) is 0.414. The van der Waals surface area contributed by atoms with Crippen molar-refractivity contribution < 1.29 is 9.53 Å². The number of hydrogen-bond acceptors (Lipinski definition) is 4. The molecule has 2 fully saturated rings. The summed E-state index contributed by atoms with van der Waals surface area (Å²) in [6.45, 7) is 1.14. The molecule has 0 aliphatic carbocycles. The maximum absolute atomic E-state index is 11.7. The smallest absolute Gasteiger partial charge is 0.410 e. The second-order valence-corrected chi connectivity index (χ2v) is 6.46. The van der Waals surface area contributed by atoms with E-state index < -0.39 is 0 Å². The number of amides is 1. The van der Waals surface area contributed by atoms with Crippen molar-refractivity contribution in [3.8, 4) is 0 Å². The molecule has 4 heterocycles. The van der Waals surface area contributed by atoms with E-state index in [4.69, 9.17) is 16.3 Å². The molecule has 2 aliphatic rings. The van der Waals surface area contributed by atoms with Crippen molar-refractivity contribution in [2.24, 2.45) is 0 Å². The van der Waals surface area contributed by atoms with Crippen LogP contribution < -0.4 is 0 Å². The van der Waals surface area contributed by atoms with Crippen LogP contribution in [0, 0.1) is 0 Å². The quantitative estimate of drug-likeness (QED) is 0.773. The van der Waals surface area contributed by atoms with E-state index >= 15 is 0 Å². The molecule has 0 spiro atoms. The van der Waals surface area contributed by atoms with Crippen molar-refractivity contribution in [3.05, 3.63) is 28.0 Å². The molecular formula is C13H12BrClN4O2. The number of nitrogens with zero attached hydrogens (tertiary/aromatic N) is 4. The molecule has 2 aromatic rings. The lowest BCUT2D eigenvalue weighted by Gasteiger charge is -2.31. The average Bonchev–Trinajstić information content (AvgIpc) is 3.01. The van der Waals surface area contributed by atoms with Crippen molar-refractivity contribution in [3.63, 3.8) is 0 Å². The lowest BCUT2D eigenvalue weighted by Crippen LogP contribution is -2.41. The largest absolute Gasteiger partial charge is 0.447 e. The number of imidazole rings is 1. The maximum Gasteiger partial charge on any atom is 0.410 e. The van der Waals surface area contributed by atoms with Gasteiger partial charge in [0, 0.05) is 24.9 Å². The SMILES string of the molecule is O=C1OC[C@H]2CC[C@H](c3nc(Br)c4c(Cl)nccn34)CN12. The summed E-state index contributed by atoms with van der Waals surface area (Å²) < 4.78 is 7.75. The molecule has 0 N–H and O–H groups in total. The predicted octanol–water partition coefficient (Wildman–Crippen LogP) is 2.84. The van der Waals surface area contributed by atoms with Crippen molar-refractivity contribution in [2.75, 3.05) is 13.2 Å². The first kappa shape index (κ1) is 13.3. The Labute approximate surface area is 134 Å². The number of ether oxygens (including phenoxy) is 1. The van der Waals surface area contributed by atoms with Gasteiger partial charge in [0.2, 0.25) is 0 Å². The van der Waals surface area contributed by atoms with Gasteiger partial charge in [0.05, 0.1) is 6.04 Å². The molecule has 6 nitrogen and oxygen atoms in total. The molecule has 0 unspecified atom stereocenters. The molecule has 110 valence electrons. The summed E-state index contributed by atoms with van der Waals surface area (Å²) in [5.41, 5.74) is 0.764. The van der Waals surface area contributed by atoms with Crippen LogP contribution in [0.3, 0.4) is 0 Å². The fourth-order valence-corrected chi connectivity index (χ4v) is 4.07. The fraction of sp³-hybridized carbons (Fsp3) is 0.462. The van der Waals surface area contributed by atoms with E-state index in [1.807, 2.05) is 15.5 Å². The van der Waals surface area contributed by atoms with Gasteiger partial charge in [-0.3, -0.25) is 4.40 Å². The van der Waals surface area contributed by atoms with Crippen molar-refractivity contribution in [1.29, 1.82) is 0 Å². The van der Waals surface area contributed by atoms with Crippen LogP contribution in [0.2, 0.25) is 5.15 Å². The van der Waals surface area contributed by atoms with Crippen molar-refractivity contribution in [2.45, 2.75) is 24.8 Å². The van der Waals surface area contributed by atoms with E-state index in [1.54, 1.807) is 6.20 Å². The zero-order chi connectivity index (χ0) is 14.6. The molecule has 0 aromatic carbocycles. The monoisotopic (exact) mass is 370 g/mol. The van der Waals surface area contributed by atoms with Crippen LogP contribution in [0.15, 0.2) is 17.0 Å². The molecule has 2 atom stereocenters. The van der Waals surface area contributed by atoms with Gasteiger partial charge >= 0.3 is 6.09 Å². The number of fused-ring (bicyclic) bond motifs is 2. The molecule has 0 saturated carbocycles. The summed E-state index contributed by atoms with van der Waals surface area (Å²) >= 11 is 9.58. The Hall–Kier alpha value is -1.34. The summed E-state index contributed by atoms with van der Waals surface area (Å²) in [5.74, 6) is 1.07. The van der Waals surface area contributed by atoms with Crippen LogP contribution in [-0.4, -0.2) is 44.6 Å². The molecular weight excluding hydrogens is 360 g/mol. The molecule has 0 radical (unpaired) electrons. The third-order valence-corrected chi connectivity index (χ3v) is 5.03. The first-order valence-electron chi connectivity index (χ1n) is 6.76. The van der Waals surface area contributed by atoms with E-state index in [1.165, 1.54) is 0 Å². The number of hydrogen-bond donors (Lipinski definition) is 0. The van der Waals surface area contributed by atoms with E-state index in [0.717, 1.165) is 24.2 Å². The van der Waals surface area contributed by atoms with Gasteiger partial charge in [-0.2, -0.15) is 0 Å². The topological polar surface area (TPSA) is 59.7 Å². The van der Waals surface area contributed by atoms with E-state index in [9.17, 15) is 4.79 Å². The van der Waals surface area contributed by atoms with Crippen LogP contribution in [0.25, 0.3) is 5.52 Å². The van der Waals surface area contributed by atoms with Crippen LogP contribution >= 0.6 is 27.5 Å². The summed E-state index contributed by atoms with van der Waals surface area (Å²) in [4.78, 5) is 22.2. The van der Waals surface area contributed by atoms with Gasteiger partial charge in [0.1, 0.15) is 22.6 Å². The van der Waals surface area contributed by atoms with Crippen molar-refractivity contribution in [1.82, 2.24) is 19.3 Å². The highest BCUT2D eigenvalue weighted by Crippen LogP contribution is 2.35. The first-order valence-corrected chi connectivity index (χ1v) is 7.93. The van der Waals surface area contributed by atoms with E-state index in [0.29, 0.717) is 22.9 Å². The molecule has 1 amide bonds. The van der Waals surface area contributed by atoms with Gasteiger partial charge in [-0.05, 0) is 28.8 Å². The highest BCUT2D eigenvalue weighted by molar-refractivity contribution is 9.10. The standard InChI is InChI=1S/C13H12BrClN4O2/c14-10-9-11(15)16-3-4-18(9)12(17-10)7-1-2-8-6-21-13(20)19(8)5-7/h3-4,7-8H,1-2,5-6H2/t7-,8+/m0/s1. The third kappa shape index (κ3) is 2.02. The first-order chi connectivity index (χ1) is 10.1. The minimum atomic E-state index is -0.218. The lowest BCUT2D eigenvalue weighted by molar-refractivity contribution is 0.150. The Balaban J connectivity index is 1.74. The Morgan fingerprint density at radius 2 is 2.29 bits per heavy atom. The summed E-state index contributed by atoms with van der Waals surface area (Å²) in [6, 6.07) is 0.216. The highest BCUT2D eigenvalue weighted by Gasteiger charge is 2.39. The zero-order valence-electron chi connectivity index (χ0n) is 11.0. The Bertz CT molecular complexity index is 734. The molecule has 2 aliphatic heterocycles. The number of piperidine rings is 1. The Morgan fingerprint density at radius 3 is 3.14 bits per heavy atom. The van der Waals surface area contributed by atoms with Crippen LogP contribution in [-0.2, 0) is 4.74 Å². The van der Waals surface area contributed by atoms with E-state index in [2.05, 4.69) is 25.9 Å². The Morgan fingerprint density at radius 1 is 1.43 bits per heavy atom. The average molecular weight is 372 g/mol. The molecule has 0 bridgehead atoms. The minimum Gasteiger partial charge on any atom is -0.447 e.